The zero-order chi connectivity index (χ0) is 18.9. The highest BCUT2D eigenvalue weighted by atomic mass is 16.5. The lowest BCUT2D eigenvalue weighted by molar-refractivity contribution is 0.147. The summed E-state index contributed by atoms with van der Waals surface area (Å²) in [6, 6.07) is 12.9. The largest absolute Gasteiger partial charge is 0.492 e. The van der Waals surface area contributed by atoms with Gasteiger partial charge in [0.2, 0.25) is 0 Å². The van der Waals surface area contributed by atoms with E-state index in [4.69, 9.17) is 9.47 Å². The van der Waals surface area contributed by atoms with E-state index >= 15 is 0 Å². The summed E-state index contributed by atoms with van der Waals surface area (Å²) >= 11 is 0. The van der Waals surface area contributed by atoms with Crippen molar-refractivity contribution in [3.63, 3.8) is 0 Å². The van der Waals surface area contributed by atoms with E-state index in [0.717, 1.165) is 37.8 Å². The molecule has 5 heteroatoms. The van der Waals surface area contributed by atoms with Gasteiger partial charge in [0, 0.05) is 42.5 Å². The molecule has 2 fully saturated rings. The number of benzene rings is 2. The summed E-state index contributed by atoms with van der Waals surface area (Å²) < 4.78 is 14.3. The second-order valence-corrected chi connectivity index (χ2v) is 8.00. The molecule has 0 aliphatic carbocycles. The van der Waals surface area contributed by atoms with Crippen LogP contribution in [0.25, 0.3) is 21.8 Å². The maximum atomic E-state index is 6.01. The quantitative estimate of drug-likeness (QED) is 0.599. The van der Waals surface area contributed by atoms with Gasteiger partial charge in [0.25, 0.3) is 0 Å². The lowest BCUT2D eigenvalue weighted by Gasteiger charge is -2.30. The van der Waals surface area contributed by atoms with Gasteiger partial charge in [-0.05, 0) is 69.4 Å². The fraction of sp³-hybridized carbons (Fsp3) is 0.478. The number of fused-ring (bicyclic) bond motifs is 3. The molecule has 0 unspecified atom stereocenters. The van der Waals surface area contributed by atoms with Crippen molar-refractivity contribution < 1.29 is 9.47 Å². The minimum atomic E-state index is 0.754. The maximum Gasteiger partial charge on any atom is 0.121 e. The Morgan fingerprint density at radius 2 is 1.32 bits per heavy atom. The van der Waals surface area contributed by atoms with E-state index in [1.165, 1.54) is 60.8 Å². The van der Waals surface area contributed by atoms with Crippen molar-refractivity contribution in [2.75, 3.05) is 52.5 Å². The molecule has 3 aromatic rings. The van der Waals surface area contributed by atoms with E-state index in [1.807, 2.05) is 0 Å². The monoisotopic (exact) mass is 379 g/mol. The summed E-state index contributed by atoms with van der Waals surface area (Å²) in [5, 5.41) is 2.49. The van der Waals surface area contributed by atoms with Crippen molar-refractivity contribution in [3.05, 3.63) is 36.4 Å². The highest BCUT2D eigenvalue weighted by molar-refractivity contribution is 6.08. The van der Waals surface area contributed by atoms with Crippen LogP contribution in [0.1, 0.15) is 12.8 Å². The smallest absolute Gasteiger partial charge is 0.121 e. The number of hydrogen-bond donors (Lipinski definition) is 0. The first-order valence-electron chi connectivity index (χ1n) is 10.5. The number of ether oxygens (including phenoxy) is 2. The molecule has 2 aromatic carbocycles. The lowest BCUT2D eigenvalue weighted by Crippen LogP contribution is -2.39. The Labute approximate surface area is 166 Å². The van der Waals surface area contributed by atoms with Crippen LogP contribution >= 0.6 is 0 Å². The number of nitrogens with zero attached hydrogens (tertiary/aromatic N) is 3. The van der Waals surface area contributed by atoms with Crippen LogP contribution in [0.4, 0.5) is 0 Å². The third-order valence-corrected chi connectivity index (χ3v) is 6.20. The summed E-state index contributed by atoms with van der Waals surface area (Å²) in [4.78, 5) is 4.86. The normalized spacial score (nSPS) is 17.6. The SMILES string of the molecule is Cn1c2ccc(OCCN3CCC3)cc2c2ccc(OCCN3CCC3)cc21. The van der Waals surface area contributed by atoms with Crippen molar-refractivity contribution in [1.29, 1.82) is 0 Å². The molecule has 0 radical (unpaired) electrons. The number of likely N-dealkylation sites (tertiary alicyclic amines) is 2. The Morgan fingerprint density at radius 1 is 0.714 bits per heavy atom. The molecule has 0 bridgehead atoms. The van der Waals surface area contributed by atoms with Crippen molar-refractivity contribution in [2.24, 2.45) is 7.05 Å². The number of aromatic nitrogens is 1. The van der Waals surface area contributed by atoms with Crippen LogP contribution in [0.5, 0.6) is 11.5 Å². The highest BCUT2D eigenvalue weighted by Crippen LogP contribution is 2.33. The average Bonchev–Trinajstić information content (AvgIpc) is 2.91. The van der Waals surface area contributed by atoms with E-state index in [0.29, 0.717) is 0 Å². The molecule has 1 aromatic heterocycles. The predicted molar refractivity (Wildman–Crippen MR) is 114 cm³/mol. The summed E-state index contributed by atoms with van der Waals surface area (Å²) in [7, 11) is 2.12. The first kappa shape index (κ1) is 17.8. The Balaban J connectivity index is 1.32. The van der Waals surface area contributed by atoms with Gasteiger partial charge in [-0.3, -0.25) is 9.80 Å². The van der Waals surface area contributed by atoms with Crippen molar-refractivity contribution in [3.8, 4) is 11.5 Å². The minimum Gasteiger partial charge on any atom is -0.492 e. The third-order valence-electron chi connectivity index (χ3n) is 6.20. The molecule has 0 N–H and O–H groups in total. The van der Waals surface area contributed by atoms with E-state index < -0.39 is 0 Å². The molecule has 0 atom stereocenters. The molecule has 0 amide bonds. The Morgan fingerprint density at radius 3 is 1.93 bits per heavy atom. The summed E-state index contributed by atoms with van der Waals surface area (Å²) in [6.45, 7) is 8.41. The highest BCUT2D eigenvalue weighted by Gasteiger charge is 2.15. The van der Waals surface area contributed by atoms with Gasteiger partial charge in [-0.15, -0.1) is 0 Å². The van der Waals surface area contributed by atoms with Crippen molar-refractivity contribution in [2.45, 2.75) is 12.8 Å². The van der Waals surface area contributed by atoms with Gasteiger partial charge < -0.3 is 14.0 Å². The molecule has 28 heavy (non-hydrogen) atoms. The fourth-order valence-electron chi connectivity index (χ4n) is 4.15. The molecule has 5 nitrogen and oxygen atoms in total. The van der Waals surface area contributed by atoms with E-state index in [9.17, 15) is 0 Å². The predicted octanol–water partition coefficient (Wildman–Crippen LogP) is 3.50. The average molecular weight is 380 g/mol. The summed E-state index contributed by atoms with van der Waals surface area (Å²) in [5.74, 6) is 1.90. The first-order chi connectivity index (χ1) is 13.8. The van der Waals surface area contributed by atoms with Crippen LogP contribution in [0.15, 0.2) is 36.4 Å². The molecule has 2 aliphatic rings. The Kier molecular flexibility index (Phi) is 4.87. The van der Waals surface area contributed by atoms with Gasteiger partial charge in [0.05, 0.1) is 5.52 Å². The second-order valence-electron chi connectivity index (χ2n) is 8.00. The van der Waals surface area contributed by atoms with Crippen LogP contribution in [0, 0.1) is 0 Å². The van der Waals surface area contributed by atoms with Gasteiger partial charge in [-0.1, -0.05) is 0 Å². The van der Waals surface area contributed by atoms with Crippen LogP contribution < -0.4 is 9.47 Å². The minimum absolute atomic E-state index is 0.754. The standard InChI is InChI=1S/C23H29N3O2/c1-24-22-7-5-18(27-14-12-25-8-2-9-25)16-21(22)20-6-4-19(17-23(20)24)28-15-13-26-10-3-11-26/h4-7,16-17H,2-3,8-15H2,1H3. The maximum absolute atomic E-state index is 6.01. The van der Waals surface area contributed by atoms with E-state index in [2.05, 4.69) is 57.8 Å². The zero-order valence-electron chi connectivity index (χ0n) is 16.7. The molecule has 3 heterocycles. The van der Waals surface area contributed by atoms with Gasteiger partial charge >= 0.3 is 0 Å². The molecule has 148 valence electrons. The second kappa shape index (κ2) is 7.64. The lowest BCUT2D eigenvalue weighted by atomic mass is 10.1. The zero-order valence-corrected chi connectivity index (χ0v) is 16.7. The number of aryl methyl sites for hydroxylation is 1. The van der Waals surface area contributed by atoms with Gasteiger partial charge in [-0.2, -0.15) is 0 Å². The first-order valence-corrected chi connectivity index (χ1v) is 10.5. The van der Waals surface area contributed by atoms with Crippen LogP contribution in [-0.4, -0.2) is 66.8 Å². The molecule has 0 spiro atoms. The Hall–Kier alpha value is -2.24. The van der Waals surface area contributed by atoms with Gasteiger partial charge in [-0.25, -0.2) is 0 Å². The topological polar surface area (TPSA) is 29.9 Å². The Bertz CT molecular complexity index is 973. The molecular formula is C23H29N3O2. The third kappa shape index (κ3) is 3.45. The van der Waals surface area contributed by atoms with Gasteiger partial charge in [0.1, 0.15) is 24.7 Å². The number of hydrogen-bond acceptors (Lipinski definition) is 4. The molecule has 0 saturated carbocycles. The molecule has 2 saturated heterocycles. The van der Waals surface area contributed by atoms with Crippen molar-refractivity contribution in [1.82, 2.24) is 14.4 Å². The molecule has 2 aliphatic heterocycles. The van der Waals surface area contributed by atoms with Crippen molar-refractivity contribution >= 4 is 21.8 Å². The summed E-state index contributed by atoms with van der Waals surface area (Å²) in [6.07, 6.45) is 2.65. The molecule has 5 rings (SSSR count). The molecular weight excluding hydrogens is 350 g/mol. The van der Waals surface area contributed by atoms with Crippen LogP contribution in [-0.2, 0) is 7.05 Å². The van der Waals surface area contributed by atoms with Gasteiger partial charge in [0.15, 0.2) is 0 Å². The van der Waals surface area contributed by atoms with E-state index in [-0.39, 0.29) is 0 Å². The number of rotatable bonds is 8. The van der Waals surface area contributed by atoms with Crippen LogP contribution in [0.3, 0.4) is 0 Å². The fourth-order valence-corrected chi connectivity index (χ4v) is 4.15. The summed E-state index contributed by atoms with van der Waals surface area (Å²) in [5.41, 5.74) is 2.43. The van der Waals surface area contributed by atoms with Crippen LogP contribution in [0.2, 0.25) is 0 Å². The van der Waals surface area contributed by atoms with E-state index in [1.54, 1.807) is 0 Å².